The van der Waals surface area contributed by atoms with Crippen LogP contribution in [0.25, 0.3) is 11.4 Å². The Morgan fingerprint density at radius 1 is 1.35 bits per heavy atom. The van der Waals surface area contributed by atoms with Crippen LogP contribution >= 0.6 is 0 Å². The van der Waals surface area contributed by atoms with Gasteiger partial charge in [-0.1, -0.05) is 30.3 Å². The number of rotatable bonds is 4. The van der Waals surface area contributed by atoms with Crippen LogP contribution in [0, 0.1) is 0 Å². The monoisotopic (exact) mass is 230 g/mol. The number of carbonyl (C=O) groups is 1. The lowest BCUT2D eigenvalue weighted by Gasteiger charge is -1.99. The van der Waals surface area contributed by atoms with Gasteiger partial charge in [0.15, 0.2) is 0 Å². The zero-order chi connectivity index (χ0) is 12.1. The number of nitrogens with zero attached hydrogens (tertiary/aromatic N) is 1. The molecule has 0 saturated carbocycles. The van der Waals surface area contributed by atoms with Crippen molar-refractivity contribution in [2.75, 3.05) is 6.61 Å². The topological polar surface area (TPSA) is 55.0 Å². The molecular formula is C13H14N2O2. The van der Waals surface area contributed by atoms with E-state index < -0.39 is 0 Å². The van der Waals surface area contributed by atoms with Crippen LogP contribution in [0.4, 0.5) is 0 Å². The highest BCUT2D eigenvalue weighted by Gasteiger charge is 2.07. The van der Waals surface area contributed by atoms with Gasteiger partial charge in [0.25, 0.3) is 0 Å². The zero-order valence-electron chi connectivity index (χ0n) is 9.64. The van der Waals surface area contributed by atoms with E-state index in [1.807, 2.05) is 30.3 Å². The molecule has 0 aliphatic carbocycles. The fourth-order valence-electron chi connectivity index (χ4n) is 1.56. The van der Waals surface area contributed by atoms with Gasteiger partial charge in [0, 0.05) is 17.5 Å². The molecule has 4 nitrogen and oxygen atoms in total. The third kappa shape index (κ3) is 2.93. The van der Waals surface area contributed by atoms with Crippen LogP contribution in [-0.4, -0.2) is 22.5 Å². The molecule has 88 valence electrons. The van der Waals surface area contributed by atoms with Crippen molar-refractivity contribution in [3.05, 3.63) is 42.2 Å². The second kappa shape index (κ2) is 5.30. The summed E-state index contributed by atoms with van der Waals surface area (Å²) in [5.74, 6) is 0.528. The van der Waals surface area contributed by atoms with Crippen molar-refractivity contribution in [3.63, 3.8) is 0 Å². The van der Waals surface area contributed by atoms with Gasteiger partial charge >= 0.3 is 5.97 Å². The Hall–Kier alpha value is -2.10. The van der Waals surface area contributed by atoms with Crippen molar-refractivity contribution in [2.45, 2.75) is 13.3 Å². The maximum Gasteiger partial charge on any atom is 0.311 e. The Morgan fingerprint density at radius 3 is 2.82 bits per heavy atom. The van der Waals surface area contributed by atoms with Crippen LogP contribution in [0.2, 0.25) is 0 Å². The number of ether oxygens (including phenoxy) is 1. The number of nitrogens with one attached hydrogen (secondary N) is 1. The molecule has 1 heterocycles. The minimum atomic E-state index is -0.240. The highest BCUT2D eigenvalue weighted by molar-refractivity contribution is 5.72. The number of H-pyrrole nitrogens is 1. The molecule has 1 aromatic carbocycles. The normalized spacial score (nSPS) is 10.2. The second-order valence-corrected chi connectivity index (χ2v) is 3.60. The third-order valence-corrected chi connectivity index (χ3v) is 2.32. The average molecular weight is 230 g/mol. The van der Waals surface area contributed by atoms with Gasteiger partial charge in [-0.2, -0.15) is 0 Å². The summed E-state index contributed by atoms with van der Waals surface area (Å²) < 4.78 is 4.87. The number of benzene rings is 1. The number of imidazole rings is 1. The molecule has 1 aromatic heterocycles. The first-order valence-corrected chi connectivity index (χ1v) is 5.54. The fraction of sp³-hybridized carbons (Fsp3) is 0.231. The summed E-state index contributed by atoms with van der Waals surface area (Å²) in [5.41, 5.74) is 1.77. The molecule has 0 aliphatic heterocycles. The number of aromatic amines is 1. The van der Waals surface area contributed by atoms with Crippen molar-refractivity contribution >= 4 is 5.97 Å². The van der Waals surface area contributed by atoms with E-state index in [1.165, 1.54) is 0 Å². The lowest BCUT2D eigenvalue weighted by molar-refractivity contribution is -0.142. The number of hydrogen-bond donors (Lipinski definition) is 1. The molecule has 0 aliphatic rings. The lowest BCUT2D eigenvalue weighted by Crippen LogP contribution is -2.07. The summed E-state index contributed by atoms with van der Waals surface area (Å²) in [6.07, 6.45) is 1.90. The quantitative estimate of drug-likeness (QED) is 0.819. The predicted molar refractivity (Wildman–Crippen MR) is 64.4 cm³/mol. The molecule has 0 unspecified atom stereocenters. The van der Waals surface area contributed by atoms with Gasteiger partial charge in [0.1, 0.15) is 5.82 Å². The summed E-state index contributed by atoms with van der Waals surface area (Å²) >= 11 is 0. The van der Waals surface area contributed by atoms with Crippen LogP contribution in [0.5, 0.6) is 0 Å². The van der Waals surface area contributed by atoms with Crippen molar-refractivity contribution in [3.8, 4) is 11.4 Å². The summed E-state index contributed by atoms with van der Waals surface area (Å²) in [6.45, 7) is 2.19. The number of esters is 1. The highest BCUT2D eigenvalue weighted by Crippen LogP contribution is 2.14. The van der Waals surface area contributed by atoms with Gasteiger partial charge in [-0.05, 0) is 6.92 Å². The van der Waals surface area contributed by atoms with Gasteiger partial charge in [0.2, 0.25) is 0 Å². The molecule has 0 saturated heterocycles. The first kappa shape index (κ1) is 11.4. The predicted octanol–water partition coefficient (Wildman–Crippen LogP) is 2.18. The molecule has 0 amide bonds. The largest absolute Gasteiger partial charge is 0.466 e. The molecule has 1 N–H and O–H groups in total. The van der Waals surface area contributed by atoms with E-state index in [1.54, 1.807) is 13.1 Å². The molecule has 0 atom stereocenters. The standard InChI is InChI=1S/C13H14N2O2/c1-2-17-12(16)8-11-9-14-13(15-11)10-6-4-3-5-7-10/h3-7,9H,2,8H2,1H3,(H,14,15). The third-order valence-electron chi connectivity index (χ3n) is 2.32. The Morgan fingerprint density at radius 2 is 2.12 bits per heavy atom. The summed E-state index contributed by atoms with van der Waals surface area (Å²) in [4.78, 5) is 18.6. The summed E-state index contributed by atoms with van der Waals surface area (Å²) in [7, 11) is 0. The van der Waals surface area contributed by atoms with E-state index >= 15 is 0 Å². The smallest absolute Gasteiger partial charge is 0.311 e. The molecule has 2 aromatic rings. The Kier molecular flexibility index (Phi) is 3.55. The van der Waals surface area contributed by atoms with Crippen molar-refractivity contribution in [2.24, 2.45) is 0 Å². The molecule has 0 radical (unpaired) electrons. The van der Waals surface area contributed by atoms with Crippen molar-refractivity contribution in [1.29, 1.82) is 0 Å². The Bertz CT molecular complexity index is 491. The average Bonchev–Trinajstić information content (AvgIpc) is 2.79. The van der Waals surface area contributed by atoms with E-state index in [0.29, 0.717) is 6.61 Å². The van der Waals surface area contributed by atoms with Crippen LogP contribution in [0.15, 0.2) is 36.5 Å². The second-order valence-electron chi connectivity index (χ2n) is 3.60. The lowest BCUT2D eigenvalue weighted by atomic mass is 10.2. The fourth-order valence-corrected chi connectivity index (χ4v) is 1.56. The molecular weight excluding hydrogens is 216 g/mol. The maximum absolute atomic E-state index is 11.3. The van der Waals surface area contributed by atoms with Crippen LogP contribution in [0.3, 0.4) is 0 Å². The number of hydrogen-bond acceptors (Lipinski definition) is 3. The van der Waals surface area contributed by atoms with Crippen LogP contribution in [0.1, 0.15) is 12.6 Å². The van der Waals surface area contributed by atoms with E-state index in [4.69, 9.17) is 4.74 Å². The molecule has 2 rings (SSSR count). The van der Waals surface area contributed by atoms with Gasteiger partial charge in [-0.25, -0.2) is 4.98 Å². The van der Waals surface area contributed by atoms with Crippen molar-refractivity contribution in [1.82, 2.24) is 9.97 Å². The SMILES string of the molecule is CCOC(=O)Cc1cnc(-c2ccccc2)[nH]1. The van der Waals surface area contributed by atoms with E-state index in [2.05, 4.69) is 9.97 Å². The minimum absolute atomic E-state index is 0.230. The molecule has 0 spiro atoms. The Balaban J connectivity index is 2.09. The summed E-state index contributed by atoms with van der Waals surface area (Å²) in [6, 6.07) is 9.78. The van der Waals surface area contributed by atoms with Crippen LogP contribution < -0.4 is 0 Å². The van der Waals surface area contributed by atoms with Gasteiger partial charge < -0.3 is 9.72 Å². The maximum atomic E-state index is 11.3. The minimum Gasteiger partial charge on any atom is -0.466 e. The van der Waals surface area contributed by atoms with Crippen molar-refractivity contribution < 1.29 is 9.53 Å². The first-order valence-electron chi connectivity index (χ1n) is 5.54. The van der Waals surface area contributed by atoms with E-state index in [-0.39, 0.29) is 12.4 Å². The van der Waals surface area contributed by atoms with Gasteiger partial charge in [-0.15, -0.1) is 0 Å². The van der Waals surface area contributed by atoms with Crippen LogP contribution in [-0.2, 0) is 16.0 Å². The molecule has 4 heteroatoms. The van der Waals surface area contributed by atoms with Gasteiger partial charge in [-0.3, -0.25) is 4.79 Å². The number of aromatic nitrogens is 2. The molecule has 0 fully saturated rings. The highest BCUT2D eigenvalue weighted by atomic mass is 16.5. The Labute approximate surface area is 99.7 Å². The molecule has 17 heavy (non-hydrogen) atoms. The molecule has 0 bridgehead atoms. The van der Waals surface area contributed by atoms with E-state index in [0.717, 1.165) is 17.1 Å². The number of carbonyl (C=O) groups excluding carboxylic acids is 1. The summed E-state index contributed by atoms with van der Waals surface area (Å²) in [5, 5.41) is 0. The first-order chi connectivity index (χ1) is 8.29. The van der Waals surface area contributed by atoms with E-state index in [9.17, 15) is 4.79 Å². The van der Waals surface area contributed by atoms with Gasteiger partial charge in [0.05, 0.1) is 13.0 Å². The zero-order valence-corrected chi connectivity index (χ0v) is 9.64.